The van der Waals surface area contributed by atoms with Gasteiger partial charge in [-0.3, -0.25) is 4.79 Å². The minimum atomic E-state index is -0.386. The second-order valence-corrected chi connectivity index (χ2v) is 7.05. The number of rotatable bonds is 5. The van der Waals surface area contributed by atoms with Gasteiger partial charge in [0.25, 0.3) is 0 Å². The van der Waals surface area contributed by atoms with Crippen molar-refractivity contribution in [1.82, 2.24) is 0 Å². The number of amides is 1. The normalized spacial score (nSPS) is 13.2. The maximum atomic E-state index is 12.5. The van der Waals surface area contributed by atoms with Crippen LogP contribution in [0, 0.1) is 0 Å². The number of aryl methyl sites for hydroxylation is 2. The van der Waals surface area contributed by atoms with Crippen molar-refractivity contribution in [2.45, 2.75) is 46.0 Å². The zero-order valence-corrected chi connectivity index (χ0v) is 15.5. The molecule has 1 aromatic heterocycles. The van der Waals surface area contributed by atoms with E-state index in [9.17, 15) is 9.59 Å². The Morgan fingerprint density at radius 1 is 1.16 bits per heavy atom. The van der Waals surface area contributed by atoms with Gasteiger partial charge in [-0.1, -0.05) is 25.1 Å². The molecular formula is C20H23NO3S. The monoisotopic (exact) mass is 357 g/mol. The summed E-state index contributed by atoms with van der Waals surface area (Å²) >= 11 is 1.37. The number of thiophene rings is 1. The molecule has 0 atom stereocenters. The zero-order chi connectivity index (χ0) is 17.8. The molecule has 25 heavy (non-hydrogen) atoms. The molecule has 1 heterocycles. The molecule has 3 rings (SSSR count). The van der Waals surface area contributed by atoms with Crippen LogP contribution in [0.4, 0.5) is 5.00 Å². The molecule has 0 saturated heterocycles. The van der Waals surface area contributed by atoms with Gasteiger partial charge >= 0.3 is 5.97 Å². The highest BCUT2D eigenvalue weighted by Crippen LogP contribution is 2.37. The summed E-state index contributed by atoms with van der Waals surface area (Å²) in [4.78, 5) is 24.3. The molecule has 5 heteroatoms. The molecule has 0 bridgehead atoms. The average Bonchev–Trinajstić information content (AvgIpc) is 3.05. The Hall–Kier alpha value is -2.14. The van der Waals surface area contributed by atoms with Gasteiger partial charge < -0.3 is 10.1 Å². The molecule has 1 aliphatic rings. The molecule has 1 amide bonds. The number of carbonyl (C=O) groups is 2. The number of esters is 1. The first-order chi connectivity index (χ1) is 12.1. The average molecular weight is 357 g/mol. The van der Waals surface area contributed by atoms with Crippen LogP contribution in [0.3, 0.4) is 0 Å². The third-order valence-corrected chi connectivity index (χ3v) is 5.40. The summed E-state index contributed by atoms with van der Waals surface area (Å²) in [5.74, 6) is -0.493. The molecule has 0 aliphatic heterocycles. The lowest BCUT2D eigenvalue weighted by atomic mass is 9.89. The van der Waals surface area contributed by atoms with Crippen molar-refractivity contribution >= 4 is 28.2 Å². The topological polar surface area (TPSA) is 55.4 Å². The van der Waals surface area contributed by atoms with E-state index in [1.54, 1.807) is 13.8 Å². The van der Waals surface area contributed by atoms with E-state index >= 15 is 0 Å². The van der Waals surface area contributed by atoms with Crippen molar-refractivity contribution in [2.24, 2.45) is 0 Å². The van der Waals surface area contributed by atoms with E-state index in [-0.39, 0.29) is 11.9 Å². The summed E-state index contributed by atoms with van der Waals surface area (Å²) < 4.78 is 5.23. The second-order valence-electron chi connectivity index (χ2n) is 6.17. The van der Waals surface area contributed by atoms with Crippen LogP contribution in [-0.4, -0.2) is 18.5 Å². The number of fused-ring (bicyclic) bond motifs is 1. The van der Waals surface area contributed by atoms with Gasteiger partial charge in [0.1, 0.15) is 10.6 Å². The summed E-state index contributed by atoms with van der Waals surface area (Å²) in [7, 11) is 0. The molecule has 0 saturated carbocycles. The van der Waals surface area contributed by atoms with Gasteiger partial charge in [-0.25, -0.2) is 4.79 Å². The molecular weight excluding hydrogens is 334 g/mol. The quantitative estimate of drug-likeness (QED) is 0.781. The molecule has 1 aliphatic carbocycles. The van der Waals surface area contributed by atoms with Crippen molar-refractivity contribution in [1.29, 1.82) is 0 Å². The van der Waals surface area contributed by atoms with Crippen LogP contribution < -0.4 is 5.32 Å². The third-order valence-electron chi connectivity index (χ3n) is 4.50. The largest absolute Gasteiger partial charge is 0.462 e. The maximum absolute atomic E-state index is 12.5. The first-order valence-corrected chi connectivity index (χ1v) is 9.72. The van der Waals surface area contributed by atoms with Crippen LogP contribution in [0.5, 0.6) is 0 Å². The highest BCUT2D eigenvalue weighted by Gasteiger charge is 2.23. The molecule has 2 aromatic rings. The van der Waals surface area contributed by atoms with Crippen LogP contribution in [0.2, 0.25) is 0 Å². The van der Waals surface area contributed by atoms with Crippen molar-refractivity contribution in [3.8, 4) is 11.1 Å². The predicted octanol–water partition coefficient (Wildman–Crippen LogP) is 4.82. The first-order valence-electron chi connectivity index (χ1n) is 8.84. The van der Waals surface area contributed by atoms with Crippen LogP contribution in [0.1, 0.15) is 54.6 Å². The van der Waals surface area contributed by atoms with Gasteiger partial charge in [-0.05, 0) is 49.3 Å². The molecule has 1 aromatic carbocycles. The van der Waals surface area contributed by atoms with E-state index in [0.717, 1.165) is 24.0 Å². The smallest absolute Gasteiger partial charge is 0.341 e. The highest BCUT2D eigenvalue weighted by molar-refractivity contribution is 7.15. The molecule has 0 spiro atoms. The van der Waals surface area contributed by atoms with Gasteiger partial charge in [0.05, 0.1) is 6.61 Å². The Labute approximate surface area is 152 Å². The summed E-state index contributed by atoms with van der Waals surface area (Å²) in [5, 5.41) is 5.33. The zero-order valence-electron chi connectivity index (χ0n) is 14.7. The van der Waals surface area contributed by atoms with Gasteiger partial charge in [0, 0.05) is 17.4 Å². The van der Waals surface area contributed by atoms with Gasteiger partial charge in [-0.15, -0.1) is 11.3 Å². The van der Waals surface area contributed by atoms with Crippen molar-refractivity contribution in [3.63, 3.8) is 0 Å². The second kappa shape index (κ2) is 7.83. The minimum Gasteiger partial charge on any atom is -0.462 e. The fraction of sp³-hybridized carbons (Fsp3) is 0.400. The summed E-state index contributed by atoms with van der Waals surface area (Å²) in [6.07, 6.45) is 5.03. The standard InChI is InChI=1S/C20H23NO3S/c1-3-17(22)21-19-18(20(23)24-4-2)16(12-25-19)15-10-9-13-7-5-6-8-14(13)11-15/h9-12H,3-8H2,1-2H3,(H,21,22). The predicted molar refractivity (Wildman–Crippen MR) is 101 cm³/mol. The third kappa shape index (κ3) is 3.76. The number of benzene rings is 1. The Morgan fingerprint density at radius 2 is 1.92 bits per heavy atom. The summed E-state index contributed by atoms with van der Waals surface area (Å²) in [5.41, 5.74) is 5.08. The lowest BCUT2D eigenvalue weighted by molar-refractivity contribution is -0.115. The van der Waals surface area contributed by atoms with Crippen LogP contribution in [0.15, 0.2) is 23.6 Å². The SMILES string of the molecule is CCOC(=O)c1c(-c2ccc3c(c2)CCCC3)csc1NC(=O)CC. The molecule has 0 fully saturated rings. The Morgan fingerprint density at radius 3 is 2.64 bits per heavy atom. The van der Waals surface area contributed by atoms with E-state index in [1.807, 2.05) is 5.38 Å². The van der Waals surface area contributed by atoms with Crippen LogP contribution in [0.25, 0.3) is 11.1 Å². The van der Waals surface area contributed by atoms with E-state index in [0.29, 0.717) is 23.6 Å². The Balaban J connectivity index is 2.03. The number of carbonyl (C=O) groups excluding carboxylic acids is 2. The van der Waals surface area contributed by atoms with E-state index in [1.165, 1.54) is 35.3 Å². The van der Waals surface area contributed by atoms with E-state index < -0.39 is 0 Å². The minimum absolute atomic E-state index is 0.107. The summed E-state index contributed by atoms with van der Waals surface area (Å²) in [6.45, 7) is 3.88. The van der Waals surface area contributed by atoms with Gasteiger partial charge in [0.15, 0.2) is 0 Å². The first kappa shape index (κ1) is 17.7. The number of anilines is 1. The van der Waals surface area contributed by atoms with Crippen LogP contribution in [-0.2, 0) is 22.4 Å². The number of nitrogens with one attached hydrogen (secondary N) is 1. The molecule has 0 unspecified atom stereocenters. The number of hydrogen-bond donors (Lipinski definition) is 1. The molecule has 4 nitrogen and oxygen atoms in total. The van der Waals surface area contributed by atoms with Crippen LogP contribution >= 0.6 is 11.3 Å². The fourth-order valence-corrected chi connectivity index (χ4v) is 4.16. The molecule has 1 N–H and O–H groups in total. The number of ether oxygens (including phenoxy) is 1. The van der Waals surface area contributed by atoms with E-state index in [4.69, 9.17) is 4.74 Å². The highest BCUT2D eigenvalue weighted by atomic mass is 32.1. The Bertz CT molecular complexity index is 794. The van der Waals surface area contributed by atoms with Crippen molar-refractivity contribution in [2.75, 3.05) is 11.9 Å². The molecule has 132 valence electrons. The lowest BCUT2D eigenvalue weighted by Gasteiger charge is -2.17. The van der Waals surface area contributed by atoms with Gasteiger partial charge in [0.2, 0.25) is 5.91 Å². The Kier molecular flexibility index (Phi) is 5.53. The maximum Gasteiger partial charge on any atom is 0.341 e. The fourth-order valence-electron chi connectivity index (χ4n) is 3.18. The van der Waals surface area contributed by atoms with Crippen molar-refractivity contribution in [3.05, 3.63) is 40.3 Å². The number of hydrogen-bond acceptors (Lipinski definition) is 4. The molecule has 0 radical (unpaired) electrons. The lowest BCUT2D eigenvalue weighted by Crippen LogP contribution is -2.13. The summed E-state index contributed by atoms with van der Waals surface area (Å²) in [6, 6.07) is 6.42. The van der Waals surface area contributed by atoms with E-state index in [2.05, 4.69) is 23.5 Å². The van der Waals surface area contributed by atoms with Crippen molar-refractivity contribution < 1.29 is 14.3 Å². The van der Waals surface area contributed by atoms with Gasteiger partial charge in [-0.2, -0.15) is 0 Å².